The molecule has 5 heteroatoms. The number of thiophene rings is 1. The molecule has 0 saturated carbocycles. The van der Waals surface area contributed by atoms with E-state index < -0.39 is 0 Å². The van der Waals surface area contributed by atoms with Crippen molar-refractivity contribution in [2.45, 2.75) is 0 Å². The molecule has 0 atom stereocenters. The number of amides is 1. The molecule has 1 aromatic heterocycles. The van der Waals surface area contributed by atoms with Crippen molar-refractivity contribution < 1.29 is 9.53 Å². The third-order valence-corrected chi connectivity index (χ3v) is 2.16. The lowest BCUT2D eigenvalue weighted by Crippen LogP contribution is -1.88. The van der Waals surface area contributed by atoms with Crippen LogP contribution >= 0.6 is 23.6 Å². The molecule has 0 spiro atoms. The van der Waals surface area contributed by atoms with E-state index in [-0.39, 0.29) is 5.91 Å². The minimum atomic E-state index is -0.377. The summed E-state index contributed by atoms with van der Waals surface area (Å²) in [4.78, 5) is 14.9. The molecule has 1 rings (SSSR count). The van der Waals surface area contributed by atoms with Crippen LogP contribution in [0.1, 0.15) is 9.67 Å². The Morgan fingerprint density at radius 1 is 1.83 bits per heavy atom. The van der Waals surface area contributed by atoms with E-state index in [0.29, 0.717) is 10.6 Å². The van der Waals surface area contributed by atoms with Crippen LogP contribution in [-0.4, -0.2) is 18.2 Å². The smallest absolute Gasteiger partial charge is 0.296 e. The van der Waals surface area contributed by atoms with Gasteiger partial charge < -0.3 is 4.74 Å². The van der Waals surface area contributed by atoms with Crippen LogP contribution < -0.4 is 4.74 Å². The van der Waals surface area contributed by atoms with Gasteiger partial charge in [-0.05, 0) is 12.2 Å². The van der Waals surface area contributed by atoms with Crippen molar-refractivity contribution in [2.24, 2.45) is 4.99 Å². The summed E-state index contributed by atoms with van der Waals surface area (Å²) in [7, 11) is 1.54. The Bertz CT molecular complexity index is 339. The predicted molar refractivity (Wildman–Crippen MR) is 50.2 cm³/mol. The highest BCUT2D eigenvalue weighted by Gasteiger charge is 2.06. The minimum absolute atomic E-state index is 0.377. The Hall–Kier alpha value is -1.03. The summed E-state index contributed by atoms with van der Waals surface area (Å²) in [5.41, 5.74) is 0. The molecule has 0 bridgehead atoms. The molecule has 0 N–H and O–H groups in total. The number of methoxy groups -OCH3 is 1. The average Bonchev–Trinajstić information content (AvgIpc) is 2.52. The van der Waals surface area contributed by atoms with Gasteiger partial charge in [-0.1, -0.05) is 0 Å². The number of ether oxygens (including phenoxy) is 1. The number of isothiocyanates is 1. The standard InChI is InChI=1S/C7H5NO2S2/c1-10-5-2-6(12-3-5)7(9)8-4-11/h2-3H,1H3. The van der Waals surface area contributed by atoms with Crippen LogP contribution in [0.25, 0.3) is 0 Å². The second kappa shape index (κ2) is 4.11. The van der Waals surface area contributed by atoms with Crippen molar-refractivity contribution >= 4 is 34.6 Å². The summed E-state index contributed by atoms with van der Waals surface area (Å²) in [6, 6.07) is 1.61. The van der Waals surface area contributed by atoms with E-state index in [9.17, 15) is 4.79 Å². The highest BCUT2D eigenvalue weighted by molar-refractivity contribution is 7.78. The van der Waals surface area contributed by atoms with Crippen LogP contribution in [0.3, 0.4) is 0 Å². The Balaban J connectivity index is 2.88. The fraction of sp³-hybridized carbons (Fsp3) is 0.143. The Morgan fingerprint density at radius 2 is 2.58 bits per heavy atom. The zero-order chi connectivity index (χ0) is 8.97. The predicted octanol–water partition coefficient (Wildman–Crippen LogP) is 2.00. The topological polar surface area (TPSA) is 38.7 Å². The molecule has 3 nitrogen and oxygen atoms in total. The van der Waals surface area contributed by atoms with E-state index in [2.05, 4.69) is 17.2 Å². The van der Waals surface area contributed by atoms with Gasteiger partial charge in [-0.15, -0.1) is 11.3 Å². The number of aliphatic imine (C=N–C) groups is 1. The van der Waals surface area contributed by atoms with Crippen LogP contribution in [0.4, 0.5) is 0 Å². The molecule has 0 fully saturated rings. The molecule has 0 aliphatic rings. The zero-order valence-corrected chi connectivity index (χ0v) is 7.87. The lowest BCUT2D eigenvalue weighted by molar-refractivity contribution is 0.101. The molecule has 0 radical (unpaired) electrons. The molecule has 0 aromatic carbocycles. The molecule has 12 heavy (non-hydrogen) atoms. The largest absolute Gasteiger partial charge is 0.496 e. The fourth-order valence-corrected chi connectivity index (χ4v) is 1.46. The van der Waals surface area contributed by atoms with E-state index in [1.165, 1.54) is 11.3 Å². The van der Waals surface area contributed by atoms with Gasteiger partial charge in [-0.2, -0.15) is 4.99 Å². The van der Waals surface area contributed by atoms with Gasteiger partial charge >= 0.3 is 0 Å². The molecule has 0 saturated heterocycles. The van der Waals surface area contributed by atoms with Crippen LogP contribution in [0.2, 0.25) is 0 Å². The number of carbonyl (C=O) groups excluding carboxylic acids is 1. The maximum atomic E-state index is 11.0. The maximum Gasteiger partial charge on any atom is 0.296 e. The summed E-state index contributed by atoms with van der Waals surface area (Å²) in [5.74, 6) is 0.279. The van der Waals surface area contributed by atoms with Crippen LogP contribution in [0.5, 0.6) is 5.75 Å². The molecule has 1 aromatic rings. The van der Waals surface area contributed by atoms with E-state index in [0.717, 1.165) is 0 Å². The van der Waals surface area contributed by atoms with Gasteiger partial charge in [-0.3, -0.25) is 4.79 Å². The highest BCUT2D eigenvalue weighted by atomic mass is 32.1. The minimum Gasteiger partial charge on any atom is -0.496 e. The van der Waals surface area contributed by atoms with Crippen molar-refractivity contribution in [3.05, 3.63) is 16.3 Å². The number of nitrogens with zero attached hydrogens (tertiary/aromatic N) is 1. The zero-order valence-electron chi connectivity index (χ0n) is 6.23. The molecule has 1 heterocycles. The second-order valence-electron chi connectivity index (χ2n) is 1.86. The first-order valence-corrected chi connectivity index (χ1v) is 4.31. The molecule has 0 aliphatic carbocycles. The number of hydrogen-bond acceptors (Lipinski definition) is 4. The third-order valence-electron chi connectivity index (χ3n) is 1.17. The summed E-state index contributed by atoms with van der Waals surface area (Å²) in [6.07, 6.45) is 0. The van der Waals surface area contributed by atoms with Crippen molar-refractivity contribution in [1.82, 2.24) is 0 Å². The van der Waals surface area contributed by atoms with Gasteiger partial charge in [0.2, 0.25) is 0 Å². The Morgan fingerprint density at radius 3 is 3.08 bits per heavy atom. The number of thiocarbonyl (C=S) groups is 1. The lowest BCUT2D eigenvalue weighted by atomic mass is 10.4. The summed E-state index contributed by atoms with van der Waals surface area (Å²) in [5, 5.41) is 3.75. The quantitative estimate of drug-likeness (QED) is 0.540. The van der Waals surface area contributed by atoms with E-state index in [1.807, 2.05) is 5.16 Å². The number of carbonyl (C=O) groups is 1. The Labute approximate surface area is 78.7 Å². The number of hydrogen-bond donors (Lipinski definition) is 0. The monoisotopic (exact) mass is 199 g/mol. The summed E-state index contributed by atoms with van der Waals surface area (Å²) >= 11 is 5.57. The van der Waals surface area contributed by atoms with Gasteiger partial charge in [0.25, 0.3) is 5.91 Å². The van der Waals surface area contributed by atoms with Crippen molar-refractivity contribution in [2.75, 3.05) is 7.11 Å². The van der Waals surface area contributed by atoms with Crippen LogP contribution in [0.15, 0.2) is 16.4 Å². The van der Waals surface area contributed by atoms with Gasteiger partial charge in [0.15, 0.2) is 0 Å². The van der Waals surface area contributed by atoms with Crippen molar-refractivity contribution in [3.8, 4) is 5.75 Å². The third kappa shape index (κ3) is 1.98. The van der Waals surface area contributed by atoms with Crippen LogP contribution in [0, 0.1) is 0 Å². The van der Waals surface area contributed by atoms with E-state index in [1.54, 1.807) is 18.6 Å². The average molecular weight is 199 g/mol. The van der Waals surface area contributed by atoms with Crippen molar-refractivity contribution in [3.63, 3.8) is 0 Å². The van der Waals surface area contributed by atoms with Crippen molar-refractivity contribution in [1.29, 1.82) is 0 Å². The fourth-order valence-electron chi connectivity index (χ4n) is 0.635. The molecular weight excluding hydrogens is 194 g/mol. The summed E-state index contributed by atoms with van der Waals surface area (Å²) < 4.78 is 4.89. The van der Waals surface area contributed by atoms with Gasteiger partial charge in [-0.25, -0.2) is 0 Å². The van der Waals surface area contributed by atoms with Gasteiger partial charge in [0.1, 0.15) is 5.75 Å². The molecule has 1 amide bonds. The second-order valence-corrected chi connectivity index (χ2v) is 2.95. The highest BCUT2D eigenvalue weighted by Crippen LogP contribution is 2.21. The van der Waals surface area contributed by atoms with Crippen LogP contribution in [-0.2, 0) is 0 Å². The summed E-state index contributed by atoms with van der Waals surface area (Å²) in [6.45, 7) is 0. The first-order valence-electron chi connectivity index (χ1n) is 3.02. The normalized spacial score (nSPS) is 8.75. The first-order chi connectivity index (χ1) is 5.77. The van der Waals surface area contributed by atoms with E-state index in [4.69, 9.17) is 4.74 Å². The molecule has 62 valence electrons. The maximum absolute atomic E-state index is 11.0. The molecule has 0 aliphatic heterocycles. The molecular formula is C7H5NO2S2. The van der Waals surface area contributed by atoms with Gasteiger partial charge in [0.05, 0.1) is 17.1 Å². The van der Waals surface area contributed by atoms with Gasteiger partial charge in [0, 0.05) is 11.4 Å². The first kappa shape index (κ1) is 9.06. The Kier molecular flexibility index (Phi) is 3.10. The molecule has 0 unspecified atom stereocenters. The van der Waals surface area contributed by atoms with E-state index >= 15 is 0 Å². The lowest BCUT2D eigenvalue weighted by Gasteiger charge is -1.88. The number of rotatable bonds is 2. The SMILES string of the molecule is COc1csc(C(=O)N=C=S)c1.